The zero-order valence-corrected chi connectivity index (χ0v) is 14.5. The van der Waals surface area contributed by atoms with Crippen molar-refractivity contribution in [3.8, 4) is 5.75 Å². The molecule has 0 saturated carbocycles. The summed E-state index contributed by atoms with van der Waals surface area (Å²) >= 11 is 1.62. The molecule has 0 aliphatic rings. The molecule has 0 unspecified atom stereocenters. The van der Waals surface area contributed by atoms with E-state index in [9.17, 15) is 5.11 Å². The van der Waals surface area contributed by atoms with Crippen molar-refractivity contribution in [3.05, 3.63) is 65.9 Å². The maximum absolute atomic E-state index is 9.66. The van der Waals surface area contributed by atoms with Gasteiger partial charge in [0.2, 0.25) is 0 Å². The minimum atomic E-state index is -0.0927. The van der Waals surface area contributed by atoms with E-state index in [4.69, 9.17) is 4.74 Å². The van der Waals surface area contributed by atoms with E-state index in [1.807, 2.05) is 43.3 Å². The molecular formula is C18H19N3O2S. The molecule has 24 heavy (non-hydrogen) atoms. The van der Waals surface area contributed by atoms with Crippen LogP contribution in [0.25, 0.3) is 0 Å². The van der Waals surface area contributed by atoms with Crippen LogP contribution in [-0.2, 0) is 13.2 Å². The maximum Gasteiger partial charge on any atom is 0.136 e. The van der Waals surface area contributed by atoms with Crippen molar-refractivity contribution in [2.45, 2.75) is 30.0 Å². The number of imidazole rings is 1. The van der Waals surface area contributed by atoms with E-state index in [1.54, 1.807) is 31.3 Å². The van der Waals surface area contributed by atoms with E-state index in [0.29, 0.717) is 12.4 Å². The van der Waals surface area contributed by atoms with Crippen molar-refractivity contribution in [2.75, 3.05) is 7.11 Å². The SMILES string of the molecule is COc1cccc(Sc2c(C)nc(CO)n2Cc2ccncc2)c1. The zero-order chi connectivity index (χ0) is 16.9. The molecule has 6 heteroatoms. The number of aliphatic hydroxyl groups excluding tert-OH is 1. The highest BCUT2D eigenvalue weighted by Crippen LogP contribution is 2.33. The summed E-state index contributed by atoms with van der Waals surface area (Å²) in [6.07, 6.45) is 3.54. The van der Waals surface area contributed by atoms with E-state index < -0.39 is 0 Å². The molecule has 0 atom stereocenters. The molecule has 3 rings (SSSR count). The number of pyridine rings is 1. The highest BCUT2D eigenvalue weighted by Gasteiger charge is 2.15. The molecule has 0 spiro atoms. The summed E-state index contributed by atoms with van der Waals surface area (Å²) in [6, 6.07) is 11.9. The van der Waals surface area contributed by atoms with Gasteiger partial charge in [-0.2, -0.15) is 0 Å². The van der Waals surface area contributed by atoms with E-state index in [2.05, 4.69) is 14.5 Å². The van der Waals surface area contributed by atoms with Gasteiger partial charge >= 0.3 is 0 Å². The fourth-order valence-corrected chi connectivity index (χ4v) is 3.49. The molecule has 2 heterocycles. The largest absolute Gasteiger partial charge is 0.497 e. The van der Waals surface area contributed by atoms with E-state index in [0.717, 1.165) is 26.9 Å². The molecular weight excluding hydrogens is 322 g/mol. The summed E-state index contributed by atoms with van der Waals surface area (Å²) in [5.41, 5.74) is 2.02. The third kappa shape index (κ3) is 3.60. The lowest BCUT2D eigenvalue weighted by Crippen LogP contribution is -2.06. The highest BCUT2D eigenvalue weighted by molar-refractivity contribution is 7.99. The lowest BCUT2D eigenvalue weighted by Gasteiger charge is -2.12. The first kappa shape index (κ1) is 16.5. The number of benzene rings is 1. The second kappa shape index (κ2) is 7.51. The average molecular weight is 341 g/mol. The van der Waals surface area contributed by atoms with Crippen LogP contribution in [0, 0.1) is 6.92 Å². The first-order valence-corrected chi connectivity index (χ1v) is 8.40. The molecule has 0 saturated heterocycles. The third-order valence-electron chi connectivity index (χ3n) is 3.65. The number of aromatic nitrogens is 3. The number of aryl methyl sites for hydroxylation is 1. The Morgan fingerprint density at radius 1 is 1.21 bits per heavy atom. The number of methoxy groups -OCH3 is 1. The highest BCUT2D eigenvalue weighted by atomic mass is 32.2. The molecule has 0 fully saturated rings. The molecule has 5 nitrogen and oxygen atoms in total. The predicted octanol–water partition coefficient (Wildman–Crippen LogP) is 3.29. The molecule has 2 aromatic heterocycles. The Morgan fingerprint density at radius 3 is 2.71 bits per heavy atom. The van der Waals surface area contributed by atoms with Gasteiger partial charge in [-0.25, -0.2) is 4.98 Å². The van der Waals surface area contributed by atoms with Crippen molar-refractivity contribution in [1.29, 1.82) is 0 Å². The predicted molar refractivity (Wildman–Crippen MR) is 93.3 cm³/mol. The maximum atomic E-state index is 9.66. The Morgan fingerprint density at radius 2 is 2.00 bits per heavy atom. The second-order valence-corrected chi connectivity index (χ2v) is 6.36. The van der Waals surface area contributed by atoms with Crippen LogP contribution in [-0.4, -0.2) is 26.8 Å². The van der Waals surface area contributed by atoms with Crippen LogP contribution < -0.4 is 4.74 Å². The van der Waals surface area contributed by atoms with Crippen LogP contribution in [0.5, 0.6) is 5.75 Å². The van der Waals surface area contributed by atoms with E-state index >= 15 is 0 Å². The van der Waals surface area contributed by atoms with Gasteiger partial charge in [0.05, 0.1) is 19.3 Å². The van der Waals surface area contributed by atoms with Gasteiger partial charge in [-0.1, -0.05) is 17.8 Å². The van der Waals surface area contributed by atoms with Crippen LogP contribution >= 0.6 is 11.8 Å². The van der Waals surface area contributed by atoms with E-state index in [1.165, 1.54) is 0 Å². The van der Waals surface area contributed by atoms with E-state index in [-0.39, 0.29) is 6.61 Å². The van der Waals surface area contributed by atoms with Crippen molar-refractivity contribution in [3.63, 3.8) is 0 Å². The van der Waals surface area contributed by atoms with Crippen molar-refractivity contribution >= 4 is 11.8 Å². The molecule has 0 bridgehead atoms. The summed E-state index contributed by atoms with van der Waals surface area (Å²) < 4.78 is 7.34. The minimum Gasteiger partial charge on any atom is -0.497 e. The number of hydrogen-bond acceptors (Lipinski definition) is 5. The van der Waals surface area contributed by atoms with Crippen LogP contribution in [0.1, 0.15) is 17.1 Å². The van der Waals surface area contributed by atoms with Crippen molar-refractivity contribution in [2.24, 2.45) is 0 Å². The zero-order valence-electron chi connectivity index (χ0n) is 13.6. The summed E-state index contributed by atoms with van der Waals surface area (Å²) in [5.74, 6) is 1.48. The molecule has 0 aliphatic heterocycles. The van der Waals surface area contributed by atoms with Gasteiger partial charge in [0, 0.05) is 17.3 Å². The molecule has 3 aromatic rings. The molecule has 0 aliphatic carbocycles. The van der Waals surface area contributed by atoms with Gasteiger partial charge < -0.3 is 14.4 Å². The normalized spacial score (nSPS) is 10.8. The molecule has 124 valence electrons. The Bertz CT molecular complexity index is 818. The molecule has 0 amide bonds. The number of hydrogen-bond donors (Lipinski definition) is 1. The number of aliphatic hydroxyl groups is 1. The standard InChI is InChI=1S/C18H19N3O2S/c1-13-18(24-16-5-3-4-15(10-16)23-2)21(17(12-22)20-13)11-14-6-8-19-9-7-14/h3-10,22H,11-12H2,1-2H3. The average Bonchev–Trinajstić information content (AvgIpc) is 2.91. The number of nitrogens with zero attached hydrogens (tertiary/aromatic N) is 3. The molecule has 1 N–H and O–H groups in total. The lowest BCUT2D eigenvalue weighted by atomic mass is 10.2. The van der Waals surface area contributed by atoms with Gasteiger partial charge in [0.15, 0.2) is 0 Å². The van der Waals surface area contributed by atoms with Crippen LogP contribution in [0.3, 0.4) is 0 Å². The van der Waals surface area contributed by atoms with Crippen LogP contribution in [0.4, 0.5) is 0 Å². The number of ether oxygens (including phenoxy) is 1. The quantitative estimate of drug-likeness (QED) is 0.745. The second-order valence-electron chi connectivity index (χ2n) is 5.30. The van der Waals surface area contributed by atoms with Crippen molar-refractivity contribution < 1.29 is 9.84 Å². The first-order chi connectivity index (χ1) is 11.7. The molecule has 1 aromatic carbocycles. The fraction of sp³-hybridized carbons (Fsp3) is 0.222. The van der Waals surface area contributed by atoms with Crippen LogP contribution in [0.15, 0.2) is 58.7 Å². The Labute approximate surface area is 145 Å². The van der Waals surface area contributed by atoms with Gasteiger partial charge in [-0.05, 0) is 42.8 Å². The Balaban J connectivity index is 1.95. The lowest BCUT2D eigenvalue weighted by molar-refractivity contribution is 0.265. The van der Waals surface area contributed by atoms with Crippen LogP contribution in [0.2, 0.25) is 0 Å². The Kier molecular flexibility index (Phi) is 5.17. The van der Waals surface area contributed by atoms with Gasteiger partial charge in [-0.3, -0.25) is 4.98 Å². The fourth-order valence-electron chi connectivity index (χ4n) is 2.47. The summed E-state index contributed by atoms with van der Waals surface area (Å²) in [7, 11) is 1.66. The minimum absolute atomic E-state index is 0.0927. The Hall–Kier alpha value is -2.31. The number of rotatable bonds is 6. The summed E-state index contributed by atoms with van der Waals surface area (Å²) in [5, 5.41) is 10.7. The van der Waals surface area contributed by atoms with Gasteiger partial charge in [0.1, 0.15) is 23.2 Å². The topological polar surface area (TPSA) is 60.2 Å². The smallest absolute Gasteiger partial charge is 0.136 e. The first-order valence-electron chi connectivity index (χ1n) is 7.59. The monoisotopic (exact) mass is 341 g/mol. The third-order valence-corrected chi connectivity index (χ3v) is 4.85. The summed E-state index contributed by atoms with van der Waals surface area (Å²) in [4.78, 5) is 9.63. The van der Waals surface area contributed by atoms with Gasteiger partial charge in [0.25, 0.3) is 0 Å². The summed E-state index contributed by atoms with van der Waals surface area (Å²) in [6.45, 7) is 2.51. The van der Waals surface area contributed by atoms with Gasteiger partial charge in [-0.15, -0.1) is 0 Å². The molecule has 0 radical (unpaired) electrons. The van der Waals surface area contributed by atoms with Crippen molar-refractivity contribution in [1.82, 2.24) is 14.5 Å².